The van der Waals surface area contributed by atoms with E-state index in [1.807, 2.05) is 0 Å². The average Bonchev–Trinajstić information content (AvgIpc) is 3.31. The van der Waals surface area contributed by atoms with Crippen LogP contribution in [0.25, 0.3) is 0 Å². The van der Waals surface area contributed by atoms with Gasteiger partial charge in [0.25, 0.3) is 0 Å². The lowest BCUT2D eigenvalue weighted by Gasteiger charge is -2.24. The number of hydrogen-bond acceptors (Lipinski definition) is 4. The van der Waals surface area contributed by atoms with Crippen LogP contribution in [-0.2, 0) is 11.2 Å². The van der Waals surface area contributed by atoms with Crippen molar-refractivity contribution in [3.8, 4) is 0 Å². The average molecular weight is 394 g/mol. The zero-order chi connectivity index (χ0) is 19.6. The lowest BCUT2D eigenvalue weighted by Crippen LogP contribution is -2.46. The number of nitrogens with zero attached hydrogens (tertiary/aromatic N) is 3. The smallest absolute Gasteiger partial charge is 0.243 e. The Hall–Kier alpha value is -1.60. The summed E-state index contributed by atoms with van der Waals surface area (Å²) in [6, 6.07) is 4.83. The molecule has 2 N–H and O–H groups in total. The molecule has 1 amide bonds. The van der Waals surface area contributed by atoms with Crippen LogP contribution in [0.3, 0.4) is 0 Å². The van der Waals surface area contributed by atoms with Crippen LogP contribution in [0.5, 0.6) is 0 Å². The Morgan fingerprint density at radius 2 is 2.26 bits per heavy atom. The van der Waals surface area contributed by atoms with Gasteiger partial charge in [0.1, 0.15) is 6.54 Å². The maximum Gasteiger partial charge on any atom is 0.243 e. The number of aliphatic imine (C=N–C) groups is 1. The second-order valence-electron chi connectivity index (χ2n) is 7.53. The van der Waals surface area contributed by atoms with E-state index < -0.39 is 0 Å². The molecule has 0 bridgehead atoms. The van der Waals surface area contributed by atoms with E-state index in [1.54, 1.807) is 30.3 Å². The minimum atomic E-state index is 0.0128. The van der Waals surface area contributed by atoms with Gasteiger partial charge in [-0.3, -0.25) is 9.69 Å². The summed E-state index contributed by atoms with van der Waals surface area (Å²) in [5, 5.41) is 9.02. The predicted molar refractivity (Wildman–Crippen MR) is 114 cm³/mol. The molecule has 1 aromatic heterocycles. The van der Waals surface area contributed by atoms with E-state index in [0.717, 1.165) is 32.0 Å². The Morgan fingerprint density at radius 3 is 2.93 bits per heavy atom. The third-order valence-electron chi connectivity index (χ3n) is 5.03. The van der Waals surface area contributed by atoms with Crippen molar-refractivity contribution in [2.45, 2.75) is 39.2 Å². The van der Waals surface area contributed by atoms with Crippen molar-refractivity contribution in [2.24, 2.45) is 10.9 Å². The first-order chi connectivity index (χ1) is 13.0. The van der Waals surface area contributed by atoms with E-state index in [2.05, 4.69) is 51.9 Å². The molecule has 0 aliphatic carbocycles. The highest BCUT2D eigenvalue weighted by Gasteiger charge is 2.23. The van der Waals surface area contributed by atoms with Gasteiger partial charge in [-0.05, 0) is 49.7 Å². The Kier molecular flexibility index (Phi) is 9.07. The van der Waals surface area contributed by atoms with E-state index in [0.29, 0.717) is 12.0 Å². The van der Waals surface area contributed by atoms with Gasteiger partial charge < -0.3 is 15.5 Å². The highest BCUT2D eigenvalue weighted by molar-refractivity contribution is 7.09. The number of likely N-dealkylation sites (N-methyl/N-ethyl adjacent to an activating group) is 2. The predicted octanol–water partition coefficient (Wildman–Crippen LogP) is 2.03. The van der Waals surface area contributed by atoms with E-state index in [-0.39, 0.29) is 12.5 Å². The summed E-state index contributed by atoms with van der Waals surface area (Å²) in [6.07, 6.45) is 3.54. The van der Waals surface area contributed by atoms with Crippen molar-refractivity contribution < 1.29 is 4.79 Å². The highest BCUT2D eigenvalue weighted by atomic mass is 32.1. The van der Waals surface area contributed by atoms with Gasteiger partial charge in [0.05, 0.1) is 0 Å². The Bertz CT molecular complexity index is 587. The molecule has 0 saturated carbocycles. The lowest BCUT2D eigenvalue weighted by molar-refractivity contribution is -0.127. The molecule has 2 unspecified atom stereocenters. The quantitative estimate of drug-likeness (QED) is 0.498. The van der Waals surface area contributed by atoms with Crippen molar-refractivity contribution in [3.05, 3.63) is 22.4 Å². The Labute approximate surface area is 168 Å². The third kappa shape index (κ3) is 7.50. The number of hydrogen-bond donors (Lipinski definition) is 2. The normalized spacial score (nSPS) is 19.1. The zero-order valence-corrected chi connectivity index (χ0v) is 18.0. The molecule has 7 heteroatoms. The molecule has 1 saturated heterocycles. The first-order valence-corrected chi connectivity index (χ1v) is 10.9. The van der Waals surface area contributed by atoms with E-state index in [9.17, 15) is 4.79 Å². The summed E-state index contributed by atoms with van der Waals surface area (Å²) in [5.74, 6) is 1.25. The Morgan fingerprint density at radius 1 is 1.44 bits per heavy atom. The molecule has 1 aliphatic heterocycles. The van der Waals surface area contributed by atoms with Crippen LogP contribution < -0.4 is 10.6 Å². The molecule has 1 fully saturated rings. The van der Waals surface area contributed by atoms with Gasteiger partial charge in [-0.1, -0.05) is 19.9 Å². The fraction of sp³-hybridized carbons (Fsp3) is 0.700. The van der Waals surface area contributed by atoms with Crippen LogP contribution in [0.1, 0.15) is 31.6 Å². The lowest BCUT2D eigenvalue weighted by atomic mass is 10.1. The molecule has 0 spiro atoms. The summed E-state index contributed by atoms with van der Waals surface area (Å²) in [5.41, 5.74) is 0. The van der Waals surface area contributed by atoms with Crippen molar-refractivity contribution in [3.63, 3.8) is 0 Å². The number of nitrogens with one attached hydrogen (secondary N) is 2. The van der Waals surface area contributed by atoms with Crippen LogP contribution in [-0.4, -0.2) is 74.5 Å². The summed E-state index contributed by atoms with van der Waals surface area (Å²) < 4.78 is 0. The highest BCUT2D eigenvalue weighted by Crippen LogP contribution is 2.16. The SMILES string of the molecule is CCN1CCCC1CNC(=NCC(=O)N(C)C)NCC(C)Cc1cccs1. The van der Waals surface area contributed by atoms with Crippen LogP contribution >= 0.6 is 11.3 Å². The molecule has 1 aliphatic rings. The fourth-order valence-corrected chi connectivity index (χ4v) is 4.20. The zero-order valence-electron chi connectivity index (χ0n) is 17.2. The van der Waals surface area contributed by atoms with Gasteiger partial charge in [0.2, 0.25) is 5.91 Å². The fourth-order valence-electron chi connectivity index (χ4n) is 3.33. The third-order valence-corrected chi connectivity index (χ3v) is 5.93. The standard InChI is InChI=1S/C20H35N5OS/c1-5-25-10-6-8-17(25)14-22-20(23-15-19(26)24(3)4)21-13-16(2)12-18-9-7-11-27-18/h7,9,11,16-17H,5-6,8,10,12-15H2,1-4H3,(H2,21,22,23). The molecule has 0 radical (unpaired) electrons. The number of amides is 1. The van der Waals surface area contributed by atoms with Crippen LogP contribution in [0.4, 0.5) is 0 Å². The maximum absolute atomic E-state index is 11.9. The van der Waals surface area contributed by atoms with Gasteiger partial charge in [-0.25, -0.2) is 4.99 Å². The molecular weight excluding hydrogens is 358 g/mol. The van der Waals surface area contributed by atoms with Gasteiger partial charge >= 0.3 is 0 Å². The molecule has 1 aromatic rings. The molecule has 2 rings (SSSR count). The Balaban J connectivity index is 1.87. The molecule has 0 aromatic carbocycles. The van der Waals surface area contributed by atoms with Crippen LogP contribution in [0, 0.1) is 5.92 Å². The molecule has 2 atom stereocenters. The number of carbonyl (C=O) groups excluding carboxylic acids is 1. The summed E-state index contributed by atoms with van der Waals surface area (Å²) in [4.78, 5) is 21.9. The summed E-state index contributed by atoms with van der Waals surface area (Å²) in [7, 11) is 3.53. The van der Waals surface area contributed by atoms with Gasteiger partial charge in [-0.15, -0.1) is 11.3 Å². The number of thiophene rings is 1. The summed E-state index contributed by atoms with van der Waals surface area (Å²) >= 11 is 1.80. The van der Waals surface area contributed by atoms with Crippen LogP contribution in [0.15, 0.2) is 22.5 Å². The number of likely N-dealkylation sites (tertiary alicyclic amines) is 1. The number of rotatable bonds is 9. The minimum Gasteiger partial charge on any atom is -0.356 e. The molecule has 27 heavy (non-hydrogen) atoms. The van der Waals surface area contributed by atoms with Crippen molar-refractivity contribution in [2.75, 3.05) is 46.8 Å². The molecule has 6 nitrogen and oxygen atoms in total. The monoisotopic (exact) mass is 393 g/mol. The first kappa shape index (κ1) is 21.7. The van der Waals surface area contributed by atoms with Gasteiger partial charge in [0.15, 0.2) is 5.96 Å². The second-order valence-corrected chi connectivity index (χ2v) is 8.56. The van der Waals surface area contributed by atoms with Crippen molar-refractivity contribution >= 4 is 23.2 Å². The van der Waals surface area contributed by atoms with E-state index >= 15 is 0 Å². The maximum atomic E-state index is 11.9. The van der Waals surface area contributed by atoms with Gasteiger partial charge in [0, 0.05) is 38.1 Å². The van der Waals surface area contributed by atoms with Gasteiger partial charge in [-0.2, -0.15) is 0 Å². The molecular formula is C20H35N5OS. The van der Waals surface area contributed by atoms with Crippen LogP contribution in [0.2, 0.25) is 0 Å². The first-order valence-electron chi connectivity index (χ1n) is 9.98. The number of carbonyl (C=O) groups is 1. The number of guanidine groups is 1. The molecule has 2 heterocycles. The largest absolute Gasteiger partial charge is 0.356 e. The van der Waals surface area contributed by atoms with E-state index in [4.69, 9.17) is 0 Å². The summed E-state index contributed by atoms with van der Waals surface area (Å²) in [6.45, 7) is 8.60. The van der Waals surface area contributed by atoms with Crippen molar-refractivity contribution in [1.29, 1.82) is 0 Å². The molecule has 152 valence electrons. The van der Waals surface area contributed by atoms with E-state index in [1.165, 1.54) is 24.3 Å². The van der Waals surface area contributed by atoms with Crippen molar-refractivity contribution in [1.82, 2.24) is 20.4 Å². The minimum absolute atomic E-state index is 0.0128. The topological polar surface area (TPSA) is 60.0 Å². The second kappa shape index (κ2) is 11.3.